The van der Waals surface area contributed by atoms with Gasteiger partial charge in [-0.05, 0) is 11.4 Å². The van der Waals surface area contributed by atoms with Gasteiger partial charge in [-0.3, -0.25) is 0 Å². The van der Waals surface area contributed by atoms with E-state index in [2.05, 4.69) is 10.2 Å². The maximum Gasteiger partial charge on any atom is 0.178 e. The average molecular weight is 282 g/mol. The molecule has 0 fully saturated rings. The minimum absolute atomic E-state index is 0. The molecule has 0 spiro atoms. The minimum Gasteiger partial charge on any atom is -0.856 e. The van der Waals surface area contributed by atoms with Crippen molar-refractivity contribution in [3.63, 3.8) is 0 Å². The summed E-state index contributed by atoms with van der Waals surface area (Å²) >= 11 is 1.55. The predicted octanol–water partition coefficient (Wildman–Crippen LogP) is 1.25. The summed E-state index contributed by atoms with van der Waals surface area (Å²) < 4.78 is 1.76. The number of pyridine rings is 1. The normalized spacial score (nSPS) is 11.4. The van der Waals surface area contributed by atoms with E-state index in [0.29, 0.717) is 0 Å². The molecule has 6 heteroatoms. The Kier molecular flexibility index (Phi) is 6.04. The largest absolute Gasteiger partial charge is 0.856 e. The fraction of sp³-hybridized carbons (Fsp3) is 0.0833. The Morgan fingerprint density at radius 3 is 2.72 bits per heavy atom. The van der Waals surface area contributed by atoms with Crippen molar-refractivity contribution in [2.45, 2.75) is 6.54 Å². The van der Waals surface area contributed by atoms with Crippen LogP contribution in [0.2, 0.25) is 0 Å². The van der Waals surface area contributed by atoms with Gasteiger partial charge >= 0.3 is 0 Å². The Balaban J connectivity index is 0.00000162. The molecule has 0 aliphatic heterocycles. The number of hydrogen-bond acceptors (Lipinski definition) is 4. The second-order valence-electron chi connectivity index (χ2n) is 3.30. The van der Waals surface area contributed by atoms with Crippen molar-refractivity contribution in [1.82, 2.24) is 0 Å². The molecule has 0 saturated heterocycles. The SMILES string of the molecule is Cl.[O-]/C(C[n+]1ccccc1)=N\N=C\c1cccs1. The van der Waals surface area contributed by atoms with Crippen LogP contribution in [0.3, 0.4) is 0 Å². The van der Waals surface area contributed by atoms with E-state index in [1.54, 1.807) is 22.1 Å². The first kappa shape index (κ1) is 14.3. The molecule has 0 aliphatic rings. The fourth-order valence-electron chi connectivity index (χ4n) is 1.24. The van der Waals surface area contributed by atoms with Crippen molar-refractivity contribution < 1.29 is 9.67 Å². The topological polar surface area (TPSA) is 51.7 Å². The molecule has 0 aliphatic carbocycles. The van der Waals surface area contributed by atoms with Crippen molar-refractivity contribution in [2.24, 2.45) is 10.2 Å². The molecule has 94 valence electrons. The lowest BCUT2D eigenvalue weighted by Crippen LogP contribution is -2.41. The van der Waals surface area contributed by atoms with Gasteiger partial charge in [0.05, 0.1) is 12.1 Å². The quantitative estimate of drug-likeness (QED) is 0.360. The zero-order valence-electron chi connectivity index (χ0n) is 9.47. The van der Waals surface area contributed by atoms with Gasteiger partial charge in [-0.15, -0.1) is 23.7 Å². The predicted molar refractivity (Wildman–Crippen MR) is 73.2 cm³/mol. The van der Waals surface area contributed by atoms with Gasteiger partial charge in [-0.2, -0.15) is 10.2 Å². The van der Waals surface area contributed by atoms with Crippen LogP contribution in [0.25, 0.3) is 0 Å². The smallest absolute Gasteiger partial charge is 0.178 e. The molecule has 0 unspecified atom stereocenters. The fourth-order valence-corrected chi connectivity index (χ4v) is 1.82. The van der Waals surface area contributed by atoms with Crippen LogP contribution in [0.5, 0.6) is 0 Å². The zero-order chi connectivity index (χ0) is 11.9. The summed E-state index contributed by atoms with van der Waals surface area (Å²) in [5, 5.41) is 20.8. The third kappa shape index (κ3) is 4.65. The number of thiophene rings is 1. The Hall–Kier alpha value is -1.72. The van der Waals surface area contributed by atoms with Gasteiger partial charge in [0.2, 0.25) is 0 Å². The zero-order valence-corrected chi connectivity index (χ0v) is 11.1. The van der Waals surface area contributed by atoms with Gasteiger partial charge in [0.25, 0.3) is 0 Å². The first-order valence-corrected chi connectivity index (χ1v) is 5.97. The number of hydrogen-bond donors (Lipinski definition) is 0. The summed E-state index contributed by atoms with van der Waals surface area (Å²) in [5.74, 6) is -0.269. The first-order chi connectivity index (χ1) is 8.34. The first-order valence-electron chi connectivity index (χ1n) is 5.09. The second kappa shape index (κ2) is 7.58. The summed E-state index contributed by atoms with van der Waals surface area (Å²) in [6.45, 7) is 0.211. The molecule has 2 aromatic heterocycles. The van der Waals surface area contributed by atoms with Crippen LogP contribution < -0.4 is 9.67 Å². The van der Waals surface area contributed by atoms with Crippen LogP contribution in [-0.2, 0) is 6.54 Å². The Bertz CT molecular complexity index is 511. The van der Waals surface area contributed by atoms with Gasteiger partial charge in [-0.1, -0.05) is 12.1 Å². The van der Waals surface area contributed by atoms with Crippen LogP contribution in [0, 0.1) is 0 Å². The Morgan fingerprint density at radius 1 is 1.28 bits per heavy atom. The number of halogens is 1. The molecule has 2 rings (SSSR count). The van der Waals surface area contributed by atoms with Gasteiger partial charge in [0.1, 0.15) is 0 Å². The lowest BCUT2D eigenvalue weighted by atomic mass is 10.5. The molecule has 0 radical (unpaired) electrons. The average Bonchev–Trinajstić information content (AvgIpc) is 2.83. The van der Waals surface area contributed by atoms with E-state index in [1.807, 2.05) is 48.1 Å². The van der Waals surface area contributed by atoms with E-state index < -0.39 is 0 Å². The third-order valence-corrected chi connectivity index (χ3v) is 2.80. The van der Waals surface area contributed by atoms with Crippen LogP contribution in [-0.4, -0.2) is 12.1 Å². The molecule has 0 aromatic carbocycles. The van der Waals surface area contributed by atoms with E-state index >= 15 is 0 Å². The molecule has 18 heavy (non-hydrogen) atoms. The summed E-state index contributed by atoms with van der Waals surface area (Å²) in [6.07, 6.45) is 5.21. The maximum absolute atomic E-state index is 11.4. The van der Waals surface area contributed by atoms with E-state index in [4.69, 9.17) is 0 Å². The van der Waals surface area contributed by atoms with E-state index in [-0.39, 0.29) is 24.8 Å². The van der Waals surface area contributed by atoms with Crippen molar-refractivity contribution in [3.05, 3.63) is 53.0 Å². The van der Waals surface area contributed by atoms with E-state index in [0.717, 1.165) is 4.88 Å². The van der Waals surface area contributed by atoms with E-state index in [9.17, 15) is 5.11 Å². The molecule has 0 atom stereocenters. The summed E-state index contributed by atoms with van der Waals surface area (Å²) in [4.78, 5) is 0.980. The van der Waals surface area contributed by atoms with Crippen LogP contribution in [0.1, 0.15) is 4.88 Å². The van der Waals surface area contributed by atoms with Crippen LogP contribution in [0.15, 0.2) is 58.3 Å². The molecule has 2 heterocycles. The highest BCUT2D eigenvalue weighted by molar-refractivity contribution is 7.11. The minimum atomic E-state index is -0.269. The number of aromatic nitrogens is 1. The number of nitrogens with zero attached hydrogens (tertiary/aromatic N) is 3. The standard InChI is InChI=1S/C12H11N3OS.ClH/c16-12(10-15-6-2-1-3-7-15)14-13-9-11-5-4-8-17-11;/h1-9H,10H2;1H/b13-9+;. The highest BCUT2D eigenvalue weighted by Gasteiger charge is 1.95. The van der Waals surface area contributed by atoms with Gasteiger partial charge in [0, 0.05) is 17.0 Å². The molecule has 2 aromatic rings. The highest BCUT2D eigenvalue weighted by Crippen LogP contribution is 2.04. The van der Waals surface area contributed by atoms with Crippen molar-refractivity contribution in [3.8, 4) is 0 Å². The highest BCUT2D eigenvalue weighted by atomic mass is 35.5. The summed E-state index contributed by atoms with van der Waals surface area (Å²) in [7, 11) is 0. The van der Waals surface area contributed by atoms with Crippen LogP contribution in [0.4, 0.5) is 0 Å². The van der Waals surface area contributed by atoms with Crippen molar-refractivity contribution in [2.75, 3.05) is 0 Å². The van der Waals surface area contributed by atoms with E-state index in [1.165, 1.54) is 0 Å². The van der Waals surface area contributed by atoms with Crippen molar-refractivity contribution in [1.29, 1.82) is 0 Å². The van der Waals surface area contributed by atoms with Crippen molar-refractivity contribution >= 4 is 35.9 Å². The van der Waals surface area contributed by atoms with Gasteiger partial charge in [-0.25, -0.2) is 4.57 Å². The molecule has 0 saturated carbocycles. The Morgan fingerprint density at radius 2 is 2.06 bits per heavy atom. The monoisotopic (exact) mass is 281 g/mol. The number of rotatable bonds is 4. The molecule has 0 amide bonds. The molecule has 4 nitrogen and oxygen atoms in total. The summed E-state index contributed by atoms with van der Waals surface area (Å²) in [6, 6.07) is 9.46. The molecule has 0 N–H and O–H groups in total. The Labute approximate surface area is 115 Å². The summed E-state index contributed by atoms with van der Waals surface area (Å²) in [5.41, 5.74) is 0. The van der Waals surface area contributed by atoms with Gasteiger partial charge < -0.3 is 5.11 Å². The molecular formula is C12H12ClN3OS. The lowest BCUT2D eigenvalue weighted by molar-refractivity contribution is -0.687. The molecular weight excluding hydrogens is 270 g/mol. The second-order valence-corrected chi connectivity index (χ2v) is 4.28. The lowest BCUT2D eigenvalue weighted by Gasteiger charge is -2.02. The van der Waals surface area contributed by atoms with Gasteiger partial charge in [0.15, 0.2) is 18.9 Å². The maximum atomic E-state index is 11.4. The van der Waals surface area contributed by atoms with Crippen LogP contribution >= 0.6 is 23.7 Å². The third-order valence-electron chi connectivity index (χ3n) is 1.99. The molecule has 0 bridgehead atoms.